The Hall–Kier alpha value is -3.54. The van der Waals surface area contributed by atoms with Gasteiger partial charge >= 0.3 is 5.95 Å². The van der Waals surface area contributed by atoms with Gasteiger partial charge in [-0.05, 0) is 37.2 Å². The van der Waals surface area contributed by atoms with Crippen molar-refractivity contribution >= 4 is 35.2 Å². The van der Waals surface area contributed by atoms with Crippen LogP contribution in [-0.2, 0) is 6.54 Å². The van der Waals surface area contributed by atoms with Gasteiger partial charge in [-0.3, -0.25) is 4.90 Å². The van der Waals surface area contributed by atoms with E-state index in [-0.39, 0.29) is 11.8 Å². The van der Waals surface area contributed by atoms with Crippen molar-refractivity contribution < 1.29 is 17.7 Å². The lowest BCUT2D eigenvalue weighted by atomic mass is 10.2. The second-order valence-corrected chi connectivity index (χ2v) is 8.29. The first-order chi connectivity index (χ1) is 15.7. The first-order valence-corrected chi connectivity index (χ1v) is 10.4. The van der Waals surface area contributed by atoms with Crippen molar-refractivity contribution in [3.63, 3.8) is 0 Å². The molecule has 4 aromatic heterocycles. The molecule has 1 fully saturated rings. The van der Waals surface area contributed by atoms with Gasteiger partial charge in [0.05, 0.1) is 12.2 Å². The highest BCUT2D eigenvalue weighted by atomic mass is 19.3. The average molecular weight is 458 g/mol. The van der Waals surface area contributed by atoms with E-state index in [1.165, 1.54) is 9.14 Å². The number of hydrogen-bond acceptors (Lipinski definition) is 6. The van der Waals surface area contributed by atoms with Gasteiger partial charge in [-0.15, -0.1) is 0 Å². The van der Waals surface area contributed by atoms with Gasteiger partial charge in [-0.25, -0.2) is 27.7 Å². The summed E-state index contributed by atoms with van der Waals surface area (Å²) in [6.45, 7) is 5.94. The van der Waals surface area contributed by atoms with E-state index in [0.717, 1.165) is 0 Å². The van der Waals surface area contributed by atoms with Crippen LogP contribution in [0.4, 0.5) is 24.9 Å². The molecule has 0 aromatic carbocycles. The summed E-state index contributed by atoms with van der Waals surface area (Å²) >= 11 is 0. The molecule has 0 spiro atoms. The highest BCUT2D eigenvalue weighted by Crippen LogP contribution is 2.30. The maximum absolute atomic E-state index is 14.4. The van der Waals surface area contributed by atoms with Crippen LogP contribution in [0.5, 0.6) is 0 Å². The first kappa shape index (κ1) is 21.3. The Morgan fingerprint density at radius 1 is 1.21 bits per heavy atom. The van der Waals surface area contributed by atoms with Gasteiger partial charge in [-0.2, -0.15) is 4.52 Å². The summed E-state index contributed by atoms with van der Waals surface area (Å²) in [6, 6.07) is 4.77. The van der Waals surface area contributed by atoms with E-state index in [1.54, 1.807) is 35.8 Å². The normalized spacial score (nSPS) is 19.3. The van der Waals surface area contributed by atoms with Gasteiger partial charge in [0.1, 0.15) is 29.1 Å². The van der Waals surface area contributed by atoms with Crippen molar-refractivity contribution in [2.45, 2.75) is 32.1 Å². The molecule has 0 saturated carbocycles. The molecule has 2 atom stereocenters. The summed E-state index contributed by atoms with van der Waals surface area (Å²) in [7, 11) is 1.84. The van der Waals surface area contributed by atoms with Crippen molar-refractivity contribution in [1.29, 1.82) is 0 Å². The number of pyridine rings is 1. The van der Waals surface area contributed by atoms with Crippen LogP contribution < -0.4 is 5.73 Å². The molecule has 5 rings (SSSR count). The maximum Gasteiger partial charge on any atom is 0.455 e. The van der Waals surface area contributed by atoms with Crippen LogP contribution in [0.3, 0.4) is 0 Å². The molecule has 2 N–H and O–H groups in total. The molecular formula is C21H23F3N9+. The number of halogens is 3. The number of aromatic nitrogens is 6. The van der Waals surface area contributed by atoms with E-state index in [4.69, 9.17) is 5.73 Å². The van der Waals surface area contributed by atoms with Gasteiger partial charge in [0, 0.05) is 36.7 Å². The highest BCUT2D eigenvalue weighted by molar-refractivity contribution is 5.88. The third-order valence-corrected chi connectivity index (χ3v) is 5.97. The van der Waals surface area contributed by atoms with E-state index in [1.807, 2.05) is 11.9 Å². The SMILES string of the molecule is C=[N+](c1nc(N)c2c(-c3ccc4nc(C)n(CC(F)F)c4n3)ccn2n1)[C@@H]1CN(C)C[C@@H]1F. The minimum absolute atomic E-state index is 0.176. The average Bonchev–Trinajstić information content (AvgIpc) is 3.42. The van der Waals surface area contributed by atoms with Crippen molar-refractivity contribution in [2.75, 3.05) is 25.9 Å². The number of nitrogen functional groups attached to an aromatic ring is 1. The Labute approximate surface area is 187 Å². The zero-order chi connectivity index (χ0) is 23.4. The molecule has 33 heavy (non-hydrogen) atoms. The number of nitrogens with two attached hydrogens (primary N) is 1. The Morgan fingerprint density at radius 2 is 2.00 bits per heavy atom. The molecule has 0 bridgehead atoms. The molecule has 172 valence electrons. The molecular weight excluding hydrogens is 435 g/mol. The Bertz CT molecular complexity index is 1380. The molecule has 0 radical (unpaired) electrons. The van der Waals surface area contributed by atoms with Crippen LogP contribution in [0.2, 0.25) is 0 Å². The fraction of sp³-hybridized carbons (Fsp3) is 0.381. The molecule has 0 aliphatic carbocycles. The number of alkyl halides is 3. The largest absolute Gasteiger partial charge is 0.455 e. The van der Waals surface area contributed by atoms with Gasteiger partial charge in [-0.1, -0.05) is 0 Å². The third-order valence-electron chi connectivity index (χ3n) is 5.97. The monoisotopic (exact) mass is 458 g/mol. The van der Waals surface area contributed by atoms with Gasteiger partial charge in [0.15, 0.2) is 5.65 Å². The number of nitrogens with zero attached hydrogens (tertiary/aromatic N) is 8. The number of imidazole rings is 1. The summed E-state index contributed by atoms with van der Waals surface area (Å²) in [5.41, 5.74) is 8.85. The highest BCUT2D eigenvalue weighted by Gasteiger charge is 2.37. The van der Waals surface area contributed by atoms with Crippen molar-refractivity contribution in [3.8, 4) is 11.3 Å². The fourth-order valence-corrected chi connectivity index (χ4v) is 4.36. The van der Waals surface area contributed by atoms with Crippen LogP contribution in [0.1, 0.15) is 5.82 Å². The number of rotatable bonds is 5. The second kappa shape index (κ2) is 7.80. The number of aryl methyl sites for hydroxylation is 1. The maximum atomic E-state index is 14.4. The van der Waals surface area contributed by atoms with Crippen LogP contribution in [0, 0.1) is 6.92 Å². The minimum atomic E-state index is -2.53. The Kier molecular flexibility index (Phi) is 5.04. The van der Waals surface area contributed by atoms with Crippen molar-refractivity contribution in [3.05, 3.63) is 30.2 Å². The van der Waals surface area contributed by atoms with Crippen LogP contribution >= 0.6 is 0 Å². The predicted molar refractivity (Wildman–Crippen MR) is 118 cm³/mol. The number of anilines is 1. The molecule has 9 nitrogen and oxygen atoms in total. The fourth-order valence-electron chi connectivity index (χ4n) is 4.36. The molecule has 1 aliphatic rings. The Balaban J connectivity index is 1.56. The van der Waals surface area contributed by atoms with E-state index < -0.39 is 25.2 Å². The van der Waals surface area contributed by atoms with Gasteiger partial charge in [0.25, 0.3) is 6.43 Å². The number of likely N-dealkylation sites (tertiary alicyclic amines) is 1. The lowest BCUT2D eigenvalue weighted by Gasteiger charge is -2.12. The minimum Gasteiger partial charge on any atom is -0.368 e. The third kappa shape index (κ3) is 3.59. The molecule has 1 aliphatic heterocycles. The van der Waals surface area contributed by atoms with E-state index in [9.17, 15) is 13.2 Å². The zero-order valence-corrected chi connectivity index (χ0v) is 18.2. The van der Waals surface area contributed by atoms with Crippen molar-refractivity contribution in [1.82, 2.24) is 34.0 Å². The summed E-state index contributed by atoms with van der Waals surface area (Å²) in [5.74, 6) is 0.845. The number of fused-ring (bicyclic) bond motifs is 2. The second-order valence-electron chi connectivity index (χ2n) is 8.29. The molecule has 12 heteroatoms. The summed E-state index contributed by atoms with van der Waals surface area (Å²) < 4.78 is 44.9. The standard InChI is InChI=1S/C21H23F3N9/c1-11-26-15-5-4-14(27-20(15)32(11)10-17(23)24)12-6-7-33-18(12)19(25)28-21(29-33)31(3)16-9-30(2)8-13(16)22/h4-7,13,16-17H,3,8-10H2,1-2H3,(H2,25,28,29)/q+1/t13-,16+/m0/s1. The molecule has 0 amide bonds. The molecule has 4 aromatic rings. The predicted octanol–water partition coefficient (Wildman–Crippen LogP) is 2.29. The number of hydrogen-bond donors (Lipinski definition) is 1. The van der Waals surface area contributed by atoms with Crippen LogP contribution in [0.15, 0.2) is 24.4 Å². The van der Waals surface area contributed by atoms with E-state index in [2.05, 4.69) is 26.8 Å². The molecule has 1 saturated heterocycles. The van der Waals surface area contributed by atoms with Crippen molar-refractivity contribution in [2.24, 2.45) is 0 Å². The number of likely N-dealkylation sites (N-methyl/N-ethyl adjacent to an activating group) is 1. The van der Waals surface area contributed by atoms with E-state index >= 15 is 0 Å². The van der Waals surface area contributed by atoms with Gasteiger partial charge in [0.2, 0.25) is 5.82 Å². The smallest absolute Gasteiger partial charge is 0.368 e. The lowest BCUT2D eigenvalue weighted by molar-refractivity contribution is -0.487. The summed E-state index contributed by atoms with van der Waals surface area (Å²) in [6.07, 6.45) is -1.91. The van der Waals surface area contributed by atoms with E-state index in [0.29, 0.717) is 46.9 Å². The Morgan fingerprint density at radius 3 is 2.70 bits per heavy atom. The quantitative estimate of drug-likeness (QED) is 0.364. The topological polar surface area (TPSA) is 93.2 Å². The molecule has 5 heterocycles. The summed E-state index contributed by atoms with van der Waals surface area (Å²) in [4.78, 5) is 15.1. The molecule has 0 unspecified atom stereocenters. The van der Waals surface area contributed by atoms with Crippen LogP contribution in [-0.4, -0.2) is 84.1 Å². The van der Waals surface area contributed by atoms with Gasteiger partial charge < -0.3 is 10.3 Å². The lowest BCUT2D eigenvalue weighted by Crippen LogP contribution is -2.32. The summed E-state index contributed by atoms with van der Waals surface area (Å²) in [5, 5.41) is 4.47. The first-order valence-electron chi connectivity index (χ1n) is 10.4. The zero-order valence-electron chi connectivity index (χ0n) is 18.2. The van der Waals surface area contributed by atoms with Crippen LogP contribution in [0.25, 0.3) is 27.9 Å².